The third kappa shape index (κ3) is 5.21. The normalized spacial score (nSPS) is 11.9. The number of hydrogen-bond donors (Lipinski definition) is 1. The monoisotopic (exact) mass is 497 g/mol. The Kier molecular flexibility index (Phi) is 7.02. The van der Waals surface area contributed by atoms with Gasteiger partial charge >= 0.3 is 0 Å². The summed E-state index contributed by atoms with van der Waals surface area (Å²) < 4.78 is 1.96. The van der Waals surface area contributed by atoms with E-state index < -0.39 is 5.25 Å². The first-order chi connectivity index (χ1) is 15.8. The van der Waals surface area contributed by atoms with Crippen LogP contribution in [-0.4, -0.2) is 30.9 Å². The molecule has 0 aliphatic heterocycles. The van der Waals surface area contributed by atoms with E-state index in [1.807, 2.05) is 49.6 Å². The third-order valence-corrected chi connectivity index (χ3v) is 6.59. The minimum atomic E-state index is -0.476. The zero-order chi connectivity index (χ0) is 23.5. The lowest BCUT2D eigenvalue weighted by molar-refractivity contribution is -0.115. The molecule has 33 heavy (non-hydrogen) atoms. The molecule has 4 rings (SSSR count). The summed E-state index contributed by atoms with van der Waals surface area (Å²) in [5, 5.41) is 12.7. The third-order valence-electron chi connectivity index (χ3n) is 4.98. The molecule has 0 saturated carbocycles. The van der Waals surface area contributed by atoms with Gasteiger partial charge < -0.3 is 5.32 Å². The summed E-state index contributed by atoms with van der Waals surface area (Å²) in [6, 6.07) is 14.9. The molecular formula is C24H21Cl2N5OS. The quantitative estimate of drug-likeness (QED) is 0.313. The number of benzene rings is 2. The molecule has 1 atom stereocenters. The molecule has 4 aromatic rings. The lowest BCUT2D eigenvalue weighted by atomic mass is 10.1. The van der Waals surface area contributed by atoms with E-state index in [2.05, 4.69) is 26.6 Å². The number of amides is 1. The van der Waals surface area contributed by atoms with E-state index in [0.29, 0.717) is 26.7 Å². The molecule has 2 heterocycles. The molecular weight excluding hydrogens is 477 g/mol. The Hall–Kier alpha value is -2.87. The van der Waals surface area contributed by atoms with Crippen LogP contribution in [-0.2, 0) is 4.79 Å². The van der Waals surface area contributed by atoms with E-state index >= 15 is 0 Å². The number of aryl methyl sites for hydroxylation is 2. The smallest absolute Gasteiger partial charge is 0.237 e. The van der Waals surface area contributed by atoms with Crippen molar-refractivity contribution in [2.75, 3.05) is 5.32 Å². The highest BCUT2D eigenvalue weighted by Gasteiger charge is 2.23. The summed E-state index contributed by atoms with van der Waals surface area (Å²) in [6.07, 6.45) is 3.46. The van der Waals surface area contributed by atoms with Crippen molar-refractivity contribution in [3.8, 4) is 17.1 Å². The largest absolute Gasteiger partial charge is 0.324 e. The maximum absolute atomic E-state index is 12.9. The van der Waals surface area contributed by atoms with Crippen LogP contribution in [0.3, 0.4) is 0 Å². The topological polar surface area (TPSA) is 72.7 Å². The van der Waals surface area contributed by atoms with Crippen LogP contribution in [0.1, 0.15) is 18.1 Å². The highest BCUT2D eigenvalue weighted by Crippen LogP contribution is 2.32. The molecule has 168 valence electrons. The van der Waals surface area contributed by atoms with Crippen LogP contribution in [0.15, 0.2) is 66.1 Å². The second-order valence-corrected chi connectivity index (χ2v) is 9.70. The molecule has 0 fully saturated rings. The van der Waals surface area contributed by atoms with Gasteiger partial charge in [0.2, 0.25) is 5.91 Å². The molecule has 0 spiro atoms. The van der Waals surface area contributed by atoms with Gasteiger partial charge in [-0.15, -0.1) is 10.2 Å². The summed E-state index contributed by atoms with van der Waals surface area (Å²) >= 11 is 13.6. The minimum Gasteiger partial charge on any atom is -0.324 e. The SMILES string of the molecule is Cc1ccc(-n2c(S[C@@H](C)C(=O)Nc3cc(Cl)ccc3Cl)nnc2-c2cccnc2)c(C)c1. The standard InChI is InChI=1S/C24H21Cl2N5OS/c1-14-6-9-21(15(2)11-14)31-22(17-5-4-10-27-13-17)29-30-24(31)33-16(3)23(32)28-20-12-18(25)7-8-19(20)26/h4-13,16H,1-3H3,(H,28,32)/t16-/m0/s1. The number of aromatic nitrogens is 4. The van der Waals surface area contributed by atoms with Crippen LogP contribution in [0.25, 0.3) is 17.1 Å². The Labute approximate surface area is 206 Å². The van der Waals surface area contributed by atoms with Crippen LogP contribution in [0.5, 0.6) is 0 Å². The van der Waals surface area contributed by atoms with Crippen molar-refractivity contribution in [3.05, 3.63) is 82.1 Å². The molecule has 0 aliphatic carbocycles. The van der Waals surface area contributed by atoms with E-state index in [1.165, 1.54) is 11.8 Å². The van der Waals surface area contributed by atoms with Gasteiger partial charge in [-0.05, 0) is 62.7 Å². The highest BCUT2D eigenvalue weighted by molar-refractivity contribution is 8.00. The average molecular weight is 498 g/mol. The predicted octanol–water partition coefficient (Wildman–Crippen LogP) is 6.37. The van der Waals surface area contributed by atoms with E-state index in [1.54, 1.807) is 30.6 Å². The highest BCUT2D eigenvalue weighted by atomic mass is 35.5. The molecule has 0 radical (unpaired) electrons. The van der Waals surface area contributed by atoms with Crippen molar-refractivity contribution in [1.29, 1.82) is 0 Å². The number of thioether (sulfide) groups is 1. The molecule has 1 N–H and O–H groups in total. The Morgan fingerprint density at radius 3 is 2.64 bits per heavy atom. The lowest BCUT2D eigenvalue weighted by Gasteiger charge is -2.16. The van der Waals surface area contributed by atoms with Crippen molar-refractivity contribution < 1.29 is 4.79 Å². The lowest BCUT2D eigenvalue weighted by Crippen LogP contribution is -2.23. The van der Waals surface area contributed by atoms with Gasteiger partial charge in [0.15, 0.2) is 11.0 Å². The van der Waals surface area contributed by atoms with Gasteiger partial charge in [0.1, 0.15) is 0 Å². The summed E-state index contributed by atoms with van der Waals surface area (Å²) in [6.45, 7) is 5.90. The molecule has 1 amide bonds. The second kappa shape index (κ2) is 9.95. The first-order valence-corrected chi connectivity index (χ1v) is 11.8. The van der Waals surface area contributed by atoms with Crippen molar-refractivity contribution in [1.82, 2.24) is 19.7 Å². The number of anilines is 1. The van der Waals surface area contributed by atoms with E-state index in [0.717, 1.165) is 22.4 Å². The number of halogens is 2. The fourth-order valence-electron chi connectivity index (χ4n) is 3.34. The van der Waals surface area contributed by atoms with Crippen molar-refractivity contribution in [2.45, 2.75) is 31.2 Å². The van der Waals surface area contributed by atoms with Gasteiger partial charge in [-0.1, -0.05) is 52.7 Å². The molecule has 6 nitrogen and oxygen atoms in total. The number of rotatable bonds is 6. The maximum atomic E-state index is 12.9. The molecule has 0 unspecified atom stereocenters. The summed E-state index contributed by atoms with van der Waals surface area (Å²) in [7, 11) is 0. The maximum Gasteiger partial charge on any atom is 0.237 e. The van der Waals surface area contributed by atoms with E-state index in [9.17, 15) is 4.79 Å². The zero-order valence-electron chi connectivity index (χ0n) is 18.2. The number of carbonyl (C=O) groups excluding carboxylic acids is 1. The average Bonchev–Trinajstić information content (AvgIpc) is 3.20. The van der Waals surface area contributed by atoms with Crippen molar-refractivity contribution >= 4 is 46.6 Å². The van der Waals surface area contributed by atoms with Crippen molar-refractivity contribution in [2.24, 2.45) is 0 Å². The van der Waals surface area contributed by atoms with Gasteiger partial charge in [-0.25, -0.2) is 0 Å². The molecule has 0 saturated heterocycles. The van der Waals surface area contributed by atoms with Gasteiger partial charge in [0.05, 0.1) is 21.6 Å². The Bertz CT molecular complexity index is 1310. The second-order valence-electron chi connectivity index (χ2n) is 7.55. The number of nitrogens with one attached hydrogen (secondary N) is 1. The minimum absolute atomic E-state index is 0.220. The number of hydrogen-bond acceptors (Lipinski definition) is 5. The summed E-state index contributed by atoms with van der Waals surface area (Å²) in [5.41, 5.74) is 4.47. The Morgan fingerprint density at radius 2 is 1.91 bits per heavy atom. The van der Waals surface area contributed by atoms with E-state index in [-0.39, 0.29) is 5.91 Å². The van der Waals surface area contributed by atoms with Gasteiger partial charge in [0, 0.05) is 23.0 Å². The van der Waals surface area contributed by atoms with Crippen LogP contribution in [0.4, 0.5) is 5.69 Å². The molecule has 0 bridgehead atoms. The number of pyridine rings is 1. The van der Waals surface area contributed by atoms with Gasteiger partial charge in [-0.3, -0.25) is 14.3 Å². The molecule has 0 aliphatic rings. The summed E-state index contributed by atoms with van der Waals surface area (Å²) in [5.74, 6) is 0.435. The Morgan fingerprint density at radius 1 is 1.09 bits per heavy atom. The van der Waals surface area contributed by atoms with Crippen LogP contribution < -0.4 is 5.32 Å². The Balaban J connectivity index is 1.68. The van der Waals surface area contributed by atoms with Gasteiger partial charge in [-0.2, -0.15) is 0 Å². The van der Waals surface area contributed by atoms with Crippen molar-refractivity contribution in [3.63, 3.8) is 0 Å². The number of carbonyl (C=O) groups is 1. The molecule has 2 aromatic carbocycles. The van der Waals surface area contributed by atoms with E-state index in [4.69, 9.17) is 23.2 Å². The van der Waals surface area contributed by atoms with Gasteiger partial charge in [0.25, 0.3) is 0 Å². The predicted molar refractivity (Wildman–Crippen MR) is 134 cm³/mol. The van der Waals surface area contributed by atoms with Crippen LogP contribution in [0, 0.1) is 13.8 Å². The fourth-order valence-corrected chi connectivity index (χ4v) is 4.54. The first-order valence-electron chi connectivity index (χ1n) is 10.2. The fraction of sp³-hybridized carbons (Fsp3) is 0.167. The number of nitrogens with zero attached hydrogens (tertiary/aromatic N) is 4. The molecule has 2 aromatic heterocycles. The molecule has 9 heteroatoms. The first kappa shape index (κ1) is 23.3. The van der Waals surface area contributed by atoms with Crippen LogP contribution in [0.2, 0.25) is 10.0 Å². The van der Waals surface area contributed by atoms with Crippen LogP contribution >= 0.6 is 35.0 Å². The summed E-state index contributed by atoms with van der Waals surface area (Å²) in [4.78, 5) is 17.1. The zero-order valence-corrected chi connectivity index (χ0v) is 20.5.